The maximum atomic E-state index is 4.29. The molecule has 3 nitrogen and oxygen atoms in total. The Morgan fingerprint density at radius 1 is 1.35 bits per heavy atom. The fourth-order valence-corrected chi connectivity index (χ4v) is 2.97. The van der Waals surface area contributed by atoms with Crippen LogP contribution < -0.4 is 5.43 Å². The Kier molecular flexibility index (Phi) is 5.61. The Morgan fingerprint density at radius 2 is 2.10 bits per heavy atom. The van der Waals surface area contributed by atoms with Crippen LogP contribution in [0, 0.1) is 12.8 Å². The van der Waals surface area contributed by atoms with Crippen molar-refractivity contribution in [3.63, 3.8) is 0 Å². The van der Waals surface area contributed by atoms with Crippen LogP contribution in [-0.2, 0) is 0 Å². The smallest absolute Gasteiger partial charge is 0.203 e. The van der Waals surface area contributed by atoms with Crippen LogP contribution >= 0.6 is 23.1 Å². The third-order valence-corrected chi connectivity index (χ3v) is 4.76. The molecule has 5 heteroatoms. The van der Waals surface area contributed by atoms with Crippen LogP contribution in [0.2, 0.25) is 0 Å². The predicted molar refractivity (Wildman–Crippen MR) is 90.1 cm³/mol. The molecule has 0 aliphatic rings. The van der Waals surface area contributed by atoms with Gasteiger partial charge in [0.15, 0.2) is 0 Å². The lowest BCUT2D eigenvalue weighted by atomic mass is 10.2. The van der Waals surface area contributed by atoms with E-state index in [0.29, 0.717) is 5.92 Å². The van der Waals surface area contributed by atoms with Crippen LogP contribution in [0.4, 0.5) is 5.13 Å². The van der Waals surface area contributed by atoms with E-state index in [-0.39, 0.29) is 0 Å². The molecule has 0 saturated carbocycles. The molecule has 106 valence electrons. The zero-order valence-electron chi connectivity index (χ0n) is 12.0. The summed E-state index contributed by atoms with van der Waals surface area (Å²) in [5, 5.41) is 7.02. The van der Waals surface area contributed by atoms with Crippen molar-refractivity contribution >= 4 is 34.4 Å². The molecule has 2 rings (SSSR count). The first-order valence-corrected chi connectivity index (χ1v) is 8.44. The Bertz CT molecular complexity index is 559. The van der Waals surface area contributed by atoms with Gasteiger partial charge in [-0.05, 0) is 30.5 Å². The molecular weight excluding hydrogens is 286 g/mol. The van der Waals surface area contributed by atoms with E-state index < -0.39 is 0 Å². The molecule has 0 bridgehead atoms. The zero-order chi connectivity index (χ0) is 14.4. The van der Waals surface area contributed by atoms with Crippen molar-refractivity contribution in [2.24, 2.45) is 11.0 Å². The summed E-state index contributed by atoms with van der Waals surface area (Å²) in [6, 6.07) is 8.45. The number of aryl methyl sites for hydroxylation is 1. The molecule has 0 saturated heterocycles. The van der Waals surface area contributed by atoms with Gasteiger partial charge in [0.05, 0.1) is 11.9 Å². The highest BCUT2D eigenvalue weighted by atomic mass is 32.2. The number of rotatable bonds is 6. The van der Waals surface area contributed by atoms with Gasteiger partial charge in [0.1, 0.15) is 0 Å². The van der Waals surface area contributed by atoms with Gasteiger partial charge in [-0.1, -0.05) is 26.0 Å². The van der Waals surface area contributed by atoms with E-state index in [9.17, 15) is 0 Å². The van der Waals surface area contributed by atoms with Crippen LogP contribution in [-0.4, -0.2) is 17.0 Å². The molecule has 0 spiro atoms. The van der Waals surface area contributed by atoms with Crippen molar-refractivity contribution < 1.29 is 0 Å². The molecular formula is C15H19N3S2. The van der Waals surface area contributed by atoms with Crippen LogP contribution in [0.15, 0.2) is 39.6 Å². The summed E-state index contributed by atoms with van der Waals surface area (Å²) in [6.07, 6.45) is 1.81. The molecule has 2 aromatic rings. The minimum Gasteiger partial charge on any atom is -0.253 e. The number of thiazole rings is 1. The number of aromatic nitrogens is 1. The fraction of sp³-hybridized carbons (Fsp3) is 0.333. The lowest BCUT2D eigenvalue weighted by Gasteiger charge is -2.04. The Labute approximate surface area is 128 Å². The minimum atomic E-state index is 0.715. The van der Waals surface area contributed by atoms with E-state index in [1.165, 1.54) is 4.90 Å². The van der Waals surface area contributed by atoms with Crippen LogP contribution in [0.5, 0.6) is 0 Å². The molecule has 20 heavy (non-hydrogen) atoms. The molecule has 0 aliphatic heterocycles. The van der Waals surface area contributed by atoms with Gasteiger partial charge >= 0.3 is 0 Å². The van der Waals surface area contributed by atoms with E-state index in [1.54, 1.807) is 11.3 Å². The average molecular weight is 305 g/mol. The van der Waals surface area contributed by atoms with Crippen molar-refractivity contribution in [2.45, 2.75) is 25.7 Å². The summed E-state index contributed by atoms with van der Waals surface area (Å²) >= 11 is 3.45. The second kappa shape index (κ2) is 7.45. The van der Waals surface area contributed by atoms with Gasteiger partial charge in [-0.3, -0.25) is 5.43 Å². The summed E-state index contributed by atoms with van der Waals surface area (Å²) in [6.45, 7) is 6.44. The van der Waals surface area contributed by atoms with Gasteiger partial charge in [0.2, 0.25) is 5.13 Å². The normalized spacial score (nSPS) is 11.4. The summed E-state index contributed by atoms with van der Waals surface area (Å²) in [5.74, 6) is 1.87. The third kappa shape index (κ3) is 4.98. The van der Waals surface area contributed by atoms with Crippen LogP contribution in [0.1, 0.15) is 25.1 Å². The van der Waals surface area contributed by atoms with Gasteiger partial charge < -0.3 is 0 Å². The topological polar surface area (TPSA) is 37.3 Å². The first kappa shape index (κ1) is 15.1. The number of hydrogen-bond donors (Lipinski definition) is 1. The molecule has 1 heterocycles. The highest BCUT2D eigenvalue weighted by Crippen LogP contribution is 2.20. The molecule has 1 N–H and O–H groups in total. The number of nitrogens with zero attached hydrogens (tertiary/aromatic N) is 2. The van der Waals surface area contributed by atoms with Gasteiger partial charge in [0.25, 0.3) is 0 Å². The summed E-state index contributed by atoms with van der Waals surface area (Å²) < 4.78 is 0. The number of hydrazone groups is 1. The molecule has 1 aromatic carbocycles. The predicted octanol–water partition coefficient (Wildman–Crippen LogP) is 4.65. The molecule has 0 aliphatic carbocycles. The van der Waals surface area contributed by atoms with E-state index >= 15 is 0 Å². The maximum absolute atomic E-state index is 4.29. The molecule has 0 fully saturated rings. The largest absolute Gasteiger partial charge is 0.253 e. The van der Waals surface area contributed by atoms with Crippen LogP contribution in [0.3, 0.4) is 0 Å². The monoisotopic (exact) mass is 305 g/mol. The van der Waals surface area contributed by atoms with Gasteiger partial charge in [-0.25, -0.2) is 4.98 Å². The number of benzene rings is 1. The first-order chi connectivity index (χ1) is 9.63. The lowest BCUT2D eigenvalue weighted by molar-refractivity contribution is 0.750. The third-order valence-electron chi connectivity index (χ3n) is 2.46. The minimum absolute atomic E-state index is 0.715. The zero-order valence-corrected chi connectivity index (χ0v) is 13.6. The van der Waals surface area contributed by atoms with Crippen molar-refractivity contribution in [1.82, 2.24) is 4.98 Å². The standard InChI is InChI=1S/C15H19N3S2/c1-11(2)9-19-14-6-4-13(5-7-14)8-16-18-15-17-12(3)10-20-15/h4-8,10-11H,9H2,1-3H3,(H,17,18). The molecule has 0 atom stereocenters. The SMILES string of the molecule is Cc1csc(NN=Cc2ccc(SCC(C)C)cc2)n1. The molecule has 1 aromatic heterocycles. The van der Waals surface area contributed by atoms with Crippen molar-refractivity contribution in [3.05, 3.63) is 40.9 Å². The summed E-state index contributed by atoms with van der Waals surface area (Å²) in [5.41, 5.74) is 5.04. The number of nitrogens with one attached hydrogen (secondary N) is 1. The Hall–Kier alpha value is -1.33. The second-order valence-corrected chi connectivity index (χ2v) is 6.89. The Morgan fingerprint density at radius 3 is 2.70 bits per heavy atom. The number of hydrogen-bond acceptors (Lipinski definition) is 5. The Balaban J connectivity index is 1.86. The quantitative estimate of drug-likeness (QED) is 0.480. The van der Waals surface area contributed by atoms with E-state index in [4.69, 9.17) is 0 Å². The summed E-state index contributed by atoms with van der Waals surface area (Å²) in [4.78, 5) is 5.59. The van der Waals surface area contributed by atoms with Crippen LogP contribution in [0.25, 0.3) is 0 Å². The second-order valence-electron chi connectivity index (χ2n) is 4.94. The summed E-state index contributed by atoms with van der Waals surface area (Å²) in [7, 11) is 0. The highest BCUT2D eigenvalue weighted by Gasteiger charge is 1.98. The maximum Gasteiger partial charge on any atom is 0.203 e. The van der Waals surface area contributed by atoms with Gasteiger partial charge in [-0.15, -0.1) is 23.1 Å². The number of anilines is 1. The van der Waals surface area contributed by atoms with Crippen molar-refractivity contribution in [2.75, 3.05) is 11.2 Å². The molecule has 0 unspecified atom stereocenters. The number of thioether (sulfide) groups is 1. The lowest BCUT2D eigenvalue weighted by Crippen LogP contribution is -1.91. The van der Waals surface area contributed by atoms with Gasteiger partial charge in [0, 0.05) is 16.0 Å². The van der Waals surface area contributed by atoms with E-state index in [0.717, 1.165) is 22.1 Å². The molecule has 0 amide bonds. The molecule has 0 radical (unpaired) electrons. The van der Waals surface area contributed by atoms with Crippen molar-refractivity contribution in [3.8, 4) is 0 Å². The van der Waals surface area contributed by atoms with Gasteiger partial charge in [-0.2, -0.15) is 5.10 Å². The average Bonchev–Trinajstić information content (AvgIpc) is 2.83. The van der Waals surface area contributed by atoms with E-state index in [2.05, 4.69) is 53.6 Å². The van der Waals surface area contributed by atoms with Crippen molar-refractivity contribution in [1.29, 1.82) is 0 Å². The fourth-order valence-electron chi connectivity index (χ4n) is 1.48. The first-order valence-electron chi connectivity index (χ1n) is 6.57. The van der Waals surface area contributed by atoms with E-state index in [1.807, 2.05) is 30.3 Å². The highest BCUT2D eigenvalue weighted by molar-refractivity contribution is 7.99.